The van der Waals surface area contributed by atoms with Gasteiger partial charge in [0.15, 0.2) is 0 Å². The van der Waals surface area contributed by atoms with Gasteiger partial charge in [0.2, 0.25) is 0 Å². The molecule has 3 atom stereocenters. The maximum atomic E-state index is 13.4. The van der Waals surface area contributed by atoms with Crippen LogP contribution in [0.3, 0.4) is 0 Å². The van der Waals surface area contributed by atoms with E-state index in [0.717, 1.165) is 30.6 Å². The molecule has 0 aliphatic heterocycles. The number of benzene rings is 1. The van der Waals surface area contributed by atoms with E-state index in [-0.39, 0.29) is 16.6 Å². The minimum Gasteiger partial charge on any atom is -0.388 e. The number of rotatable bonds is 3. The SMILES string of the molecule is CN=S(=O)(CC1(O)CCCCC12CC2(C)C)c1ccccc1. The average molecular weight is 321 g/mol. The summed E-state index contributed by atoms with van der Waals surface area (Å²) in [6.07, 6.45) is 5.01. The topological polar surface area (TPSA) is 49.7 Å². The molecule has 0 aromatic heterocycles. The van der Waals surface area contributed by atoms with Crippen molar-refractivity contribution in [1.29, 1.82) is 0 Å². The highest BCUT2D eigenvalue weighted by Crippen LogP contribution is 2.73. The molecular weight excluding hydrogens is 294 g/mol. The fraction of sp³-hybridized carbons (Fsp3) is 0.667. The molecule has 3 rings (SSSR count). The molecular formula is C18H27NO2S. The molecule has 2 fully saturated rings. The van der Waals surface area contributed by atoms with E-state index in [4.69, 9.17) is 0 Å². The number of hydrogen-bond acceptors (Lipinski definition) is 3. The molecule has 4 heteroatoms. The maximum Gasteiger partial charge on any atom is 0.0835 e. The number of hydrogen-bond donors (Lipinski definition) is 1. The van der Waals surface area contributed by atoms with Crippen molar-refractivity contribution in [2.75, 3.05) is 12.8 Å². The molecule has 2 aliphatic carbocycles. The summed E-state index contributed by atoms with van der Waals surface area (Å²) in [4.78, 5) is 0.741. The second kappa shape index (κ2) is 5.07. The van der Waals surface area contributed by atoms with Crippen LogP contribution in [0.1, 0.15) is 46.0 Å². The molecule has 22 heavy (non-hydrogen) atoms. The van der Waals surface area contributed by atoms with E-state index < -0.39 is 15.3 Å². The van der Waals surface area contributed by atoms with Gasteiger partial charge in [0.05, 0.1) is 21.1 Å². The normalized spacial score (nSPS) is 35.8. The van der Waals surface area contributed by atoms with Crippen molar-refractivity contribution in [2.45, 2.75) is 56.4 Å². The minimum atomic E-state index is -2.57. The van der Waals surface area contributed by atoms with Gasteiger partial charge in [-0.2, -0.15) is 0 Å². The van der Waals surface area contributed by atoms with E-state index in [1.54, 1.807) is 7.05 Å². The first-order valence-corrected chi connectivity index (χ1v) is 9.88. The third kappa shape index (κ3) is 2.23. The van der Waals surface area contributed by atoms with Gasteiger partial charge in [-0.05, 0) is 36.8 Å². The molecule has 3 unspecified atom stereocenters. The number of nitrogens with zero attached hydrogens (tertiary/aromatic N) is 1. The Labute approximate surface area is 134 Å². The van der Waals surface area contributed by atoms with Crippen LogP contribution in [0, 0.1) is 10.8 Å². The van der Waals surface area contributed by atoms with Crippen molar-refractivity contribution < 1.29 is 9.32 Å². The maximum absolute atomic E-state index is 13.4. The lowest BCUT2D eigenvalue weighted by Gasteiger charge is -2.43. The zero-order chi connectivity index (χ0) is 16.1. The summed E-state index contributed by atoms with van der Waals surface area (Å²) < 4.78 is 17.7. The minimum absolute atomic E-state index is 0.0691. The van der Waals surface area contributed by atoms with Crippen molar-refractivity contribution >= 4 is 9.73 Å². The van der Waals surface area contributed by atoms with E-state index in [1.807, 2.05) is 30.3 Å². The van der Waals surface area contributed by atoms with Gasteiger partial charge in [-0.3, -0.25) is 0 Å². The highest BCUT2D eigenvalue weighted by molar-refractivity contribution is 7.93. The Kier molecular flexibility index (Phi) is 3.69. The molecule has 2 saturated carbocycles. The van der Waals surface area contributed by atoms with E-state index in [2.05, 4.69) is 18.2 Å². The molecule has 2 aliphatic rings. The summed E-state index contributed by atoms with van der Waals surface area (Å²) in [5.74, 6) is 0.268. The van der Waals surface area contributed by atoms with Crippen LogP contribution in [0.4, 0.5) is 0 Å². The summed E-state index contributed by atoms with van der Waals surface area (Å²) in [6.45, 7) is 4.47. The molecule has 3 nitrogen and oxygen atoms in total. The van der Waals surface area contributed by atoms with Gasteiger partial charge in [0.1, 0.15) is 0 Å². The Bertz CT molecular complexity index is 676. The van der Waals surface area contributed by atoms with E-state index >= 15 is 0 Å². The first-order chi connectivity index (χ1) is 10.3. The van der Waals surface area contributed by atoms with Gasteiger partial charge in [-0.25, -0.2) is 8.57 Å². The Morgan fingerprint density at radius 3 is 2.32 bits per heavy atom. The quantitative estimate of drug-likeness (QED) is 0.919. The highest BCUT2D eigenvalue weighted by Gasteiger charge is 2.71. The van der Waals surface area contributed by atoms with Gasteiger partial charge in [0, 0.05) is 17.4 Å². The van der Waals surface area contributed by atoms with Crippen molar-refractivity contribution in [3.05, 3.63) is 30.3 Å². The fourth-order valence-electron chi connectivity index (χ4n) is 4.67. The van der Waals surface area contributed by atoms with Gasteiger partial charge >= 0.3 is 0 Å². The lowest BCUT2D eigenvalue weighted by molar-refractivity contribution is -0.0596. The van der Waals surface area contributed by atoms with Gasteiger partial charge in [-0.15, -0.1) is 0 Å². The molecule has 0 heterocycles. The van der Waals surface area contributed by atoms with Crippen LogP contribution in [0.5, 0.6) is 0 Å². The van der Waals surface area contributed by atoms with Crippen LogP contribution in [-0.4, -0.2) is 27.7 Å². The van der Waals surface area contributed by atoms with Crippen LogP contribution in [0.2, 0.25) is 0 Å². The third-order valence-electron chi connectivity index (χ3n) is 6.09. The summed E-state index contributed by atoms with van der Waals surface area (Å²) in [5, 5.41) is 11.5. The van der Waals surface area contributed by atoms with Crippen molar-refractivity contribution in [3.8, 4) is 0 Å². The van der Waals surface area contributed by atoms with Crippen molar-refractivity contribution in [2.24, 2.45) is 15.2 Å². The van der Waals surface area contributed by atoms with Crippen LogP contribution < -0.4 is 0 Å². The van der Waals surface area contributed by atoms with Crippen LogP contribution in [0.25, 0.3) is 0 Å². The lowest BCUT2D eigenvalue weighted by atomic mass is 9.69. The van der Waals surface area contributed by atoms with Gasteiger partial charge in [-0.1, -0.05) is 44.9 Å². The molecule has 0 amide bonds. The lowest BCUT2D eigenvalue weighted by Crippen LogP contribution is -2.50. The Morgan fingerprint density at radius 1 is 1.18 bits per heavy atom. The molecule has 1 aromatic rings. The van der Waals surface area contributed by atoms with Crippen LogP contribution in [0.15, 0.2) is 39.6 Å². The molecule has 122 valence electrons. The summed E-state index contributed by atoms with van der Waals surface area (Å²) >= 11 is 0. The van der Waals surface area contributed by atoms with Crippen LogP contribution in [-0.2, 0) is 9.73 Å². The predicted octanol–water partition coefficient (Wildman–Crippen LogP) is 3.86. The Morgan fingerprint density at radius 2 is 1.77 bits per heavy atom. The number of aliphatic hydroxyl groups is 1. The van der Waals surface area contributed by atoms with Crippen molar-refractivity contribution in [1.82, 2.24) is 0 Å². The predicted molar refractivity (Wildman–Crippen MR) is 90.3 cm³/mol. The zero-order valence-electron chi connectivity index (χ0n) is 13.8. The third-order valence-corrected chi connectivity index (χ3v) is 8.56. The van der Waals surface area contributed by atoms with E-state index in [0.29, 0.717) is 0 Å². The molecule has 0 saturated heterocycles. The summed E-state index contributed by atoms with van der Waals surface area (Å²) in [6, 6.07) is 9.43. The molecule has 1 spiro atoms. The molecule has 1 N–H and O–H groups in total. The Hall–Kier alpha value is -0.870. The molecule has 0 radical (unpaired) electrons. The first kappa shape index (κ1) is 16.0. The summed E-state index contributed by atoms with van der Waals surface area (Å²) in [5.41, 5.74) is -0.783. The second-order valence-electron chi connectivity index (χ2n) is 7.66. The monoisotopic (exact) mass is 321 g/mol. The summed E-state index contributed by atoms with van der Waals surface area (Å²) in [7, 11) is -0.953. The van der Waals surface area contributed by atoms with E-state index in [9.17, 15) is 9.32 Å². The standard InChI is InChI=1S/C18H27NO2S/c1-16(2)13-17(16)11-7-8-12-18(17,20)14-22(21,19-3)15-9-5-4-6-10-15/h4-6,9-10,20H,7-8,11-14H2,1-3H3. The van der Waals surface area contributed by atoms with Crippen molar-refractivity contribution in [3.63, 3.8) is 0 Å². The molecule has 1 aromatic carbocycles. The molecule has 0 bridgehead atoms. The van der Waals surface area contributed by atoms with E-state index in [1.165, 1.54) is 6.42 Å². The average Bonchev–Trinajstić information content (AvgIpc) is 3.06. The van der Waals surface area contributed by atoms with Gasteiger partial charge < -0.3 is 5.11 Å². The largest absolute Gasteiger partial charge is 0.388 e. The Balaban J connectivity index is 1.98. The second-order valence-corrected chi connectivity index (χ2v) is 10.1. The van der Waals surface area contributed by atoms with Crippen LogP contribution >= 0.6 is 0 Å². The first-order valence-electron chi connectivity index (χ1n) is 8.19. The fourth-order valence-corrected chi connectivity index (χ4v) is 6.82. The zero-order valence-corrected chi connectivity index (χ0v) is 14.7. The smallest absolute Gasteiger partial charge is 0.0835 e. The van der Waals surface area contributed by atoms with Gasteiger partial charge in [0.25, 0.3) is 0 Å². The highest BCUT2D eigenvalue weighted by atomic mass is 32.2.